The monoisotopic (exact) mass is 505 g/mol. The number of hydrogen-bond donors (Lipinski definition) is 1. The summed E-state index contributed by atoms with van der Waals surface area (Å²) >= 11 is 0. The van der Waals surface area contributed by atoms with Crippen LogP contribution in [0.4, 0.5) is 4.79 Å². The van der Waals surface area contributed by atoms with Crippen LogP contribution in [0.3, 0.4) is 0 Å². The number of rotatable bonds is 16. The first-order valence-electron chi connectivity index (χ1n) is 12.8. The highest BCUT2D eigenvalue weighted by Gasteiger charge is 2.28. The van der Waals surface area contributed by atoms with E-state index in [0.29, 0.717) is 65.8 Å². The van der Waals surface area contributed by atoms with E-state index in [0.717, 1.165) is 5.75 Å². The van der Waals surface area contributed by atoms with Gasteiger partial charge in [-0.2, -0.15) is 0 Å². The molecule has 0 spiro atoms. The molecule has 0 fully saturated rings. The molecule has 0 saturated carbocycles. The molecule has 1 N–H and O–H groups in total. The zero-order chi connectivity index (χ0) is 25.5. The molecule has 7 nitrogen and oxygen atoms in total. The van der Waals surface area contributed by atoms with Crippen LogP contribution in [0.5, 0.6) is 5.75 Å². The normalized spacial score (nSPS) is 12.1. The summed E-state index contributed by atoms with van der Waals surface area (Å²) in [6.45, 7) is 4.42. The van der Waals surface area contributed by atoms with Gasteiger partial charge in [-0.05, 0) is 40.8 Å². The van der Waals surface area contributed by atoms with Gasteiger partial charge in [0, 0.05) is 19.1 Å². The van der Waals surface area contributed by atoms with E-state index in [2.05, 4.69) is 29.6 Å². The van der Waals surface area contributed by atoms with Gasteiger partial charge in [0.1, 0.15) is 19.0 Å². The van der Waals surface area contributed by atoms with E-state index < -0.39 is 6.09 Å². The van der Waals surface area contributed by atoms with E-state index in [1.807, 2.05) is 54.6 Å². The number of benzene rings is 3. The lowest BCUT2D eigenvalue weighted by Crippen LogP contribution is -2.27. The molecule has 0 heterocycles. The highest BCUT2D eigenvalue weighted by Crippen LogP contribution is 2.44. The molecule has 0 radical (unpaired) electrons. The second-order valence-electron chi connectivity index (χ2n) is 8.60. The maximum absolute atomic E-state index is 12.2. The van der Waals surface area contributed by atoms with Crippen molar-refractivity contribution in [1.29, 1.82) is 0 Å². The van der Waals surface area contributed by atoms with Crippen molar-refractivity contribution < 1.29 is 28.5 Å². The second kappa shape index (κ2) is 15.0. The van der Waals surface area contributed by atoms with E-state index in [1.54, 1.807) is 0 Å². The predicted molar refractivity (Wildman–Crippen MR) is 142 cm³/mol. The Bertz CT molecular complexity index is 1040. The van der Waals surface area contributed by atoms with Gasteiger partial charge < -0.3 is 29.0 Å². The van der Waals surface area contributed by atoms with Crippen LogP contribution in [-0.2, 0) is 18.9 Å². The summed E-state index contributed by atoms with van der Waals surface area (Å²) in [5, 5.41) is 2.80. The highest BCUT2D eigenvalue weighted by atomic mass is 16.6. The third kappa shape index (κ3) is 8.32. The molecule has 0 bridgehead atoms. The van der Waals surface area contributed by atoms with E-state index in [9.17, 15) is 4.79 Å². The molecule has 7 heteroatoms. The first-order valence-corrected chi connectivity index (χ1v) is 12.8. The first kappa shape index (κ1) is 26.7. The number of hydrogen-bond acceptors (Lipinski definition) is 6. The van der Waals surface area contributed by atoms with Gasteiger partial charge in [-0.25, -0.2) is 4.79 Å². The van der Waals surface area contributed by atoms with Gasteiger partial charge in [0.25, 0.3) is 0 Å². The van der Waals surface area contributed by atoms with Gasteiger partial charge in [-0.3, -0.25) is 0 Å². The topological polar surface area (TPSA) is 75.3 Å². The Morgan fingerprint density at radius 1 is 0.649 bits per heavy atom. The molecule has 0 saturated heterocycles. The number of carbonyl (C=O) groups is 1. The number of carbonyl (C=O) groups excluding carboxylic acids is 1. The standard InChI is InChI=1S/C30H35NO6/c32-30(37-23-29-27-13-6-4-11-25(27)26-12-5-7-14-28(26)29)31-15-8-16-33-17-18-34-19-20-35-21-22-36-24-9-2-1-3-10-24/h1-7,9-14,29H,8,15-23H2,(H,31,32). The Hall–Kier alpha value is -3.39. The number of ether oxygens (including phenoxy) is 5. The molecule has 4 rings (SSSR count). The van der Waals surface area contributed by atoms with Crippen molar-refractivity contribution in [1.82, 2.24) is 5.32 Å². The number of amides is 1. The summed E-state index contributed by atoms with van der Waals surface area (Å²) in [6.07, 6.45) is 0.300. The zero-order valence-corrected chi connectivity index (χ0v) is 21.1. The second-order valence-corrected chi connectivity index (χ2v) is 8.60. The Kier molecular flexibility index (Phi) is 10.8. The number of fused-ring (bicyclic) bond motifs is 3. The lowest BCUT2D eigenvalue weighted by molar-refractivity contribution is 0.00904. The fraction of sp³-hybridized carbons (Fsp3) is 0.367. The van der Waals surface area contributed by atoms with Gasteiger partial charge in [-0.15, -0.1) is 0 Å². The van der Waals surface area contributed by atoms with Crippen LogP contribution in [0.2, 0.25) is 0 Å². The molecule has 0 aromatic heterocycles. The number of para-hydroxylation sites is 1. The molecule has 0 aliphatic heterocycles. The quantitative estimate of drug-likeness (QED) is 0.275. The van der Waals surface area contributed by atoms with Crippen LogP contribution in [0.15, 0.2) is 78.9 Å². The van der Waals surface area contributed by atoms with Crippen molar-refractivity contribution in [2.45, 2.75) is 12.3 Å². The number of nitrogens with one attached hydrogen (secondary N) is 1. The zero-order valence-electron chi connectivity index (χ0n) is 21.1. The van der Waals surface area contributed by atoms with Crippen LogP contribution in [0.1, 0.15) is 23.5 Å². The first-order chi connectivity index (χ1) is 18.3. The predicted octanol–water partition coefficient (Wildman–Crippen LogP) is 5.04. The smallest absolute Gasteiger partial charge is 0.407 e. The molecule has 3 aromatic carbocycles. The van der Waals surface area contributed by atoms with Gasteiger partial charge >= 0.3 is 6.09 Å². The van der Waals surface area contributed by atoms with Gasteiger partial charge in [0.05, 0.1) is 33.0 Å². The maximum Gasteiger partial charge on any atom is 0.407 e. The molecule has 1 amide bonds. The highest BCUT2D eigenvalue weighted by molar-refractivity contribution is 5.79. The summed E-state index contributed by atoms with van der Waals surface area (Å²) < 4.78 is 27.6. The van der Waals surface area contributed by atoms with Crippen LogP contribution >= 0.6 is 0 Å². The Morgan fingerprint density at radius 2 is 1.19 bits per heavy atom. The summed E-state index contributed by atoms with van der Waals surface area (Å²) in [6, 6.07) is 26.3. The maximum atomic E-state index is 12.2. The van der Waals surface area contributed by atoms with Gasteiger partial charge in [0.15, 0.2) is 0 Å². The van der Waals surface area contributed by atoms with Crippen LogP contribution in [-0.4, -0.2) is 65.5 Å². The Morgan fingerprint density at radius 3 is 1.84 bits per heavy atom. The Labute approximate surface area is 218 Å². The van der Waals surface area contributed by atoms with Crippen molar-refractivity contribution in [3.05, 3.63) is 90.0 Å². The van der Waals surface area contributed by atoms with E-state index in [-0.39, 0.29) is 5.92 Å². The summed E-state index contributed by atoms with van der Waals surface area (Å²) in [5.41, 5.74) is 4.84. The summed E-state index contributed by atoms with van der Waals surface area (Å²) in [4.78, 5) is 12.2. The lowest BCUT2D eigenvalue weighted by Gasteiger charge is -2.14. The fourth-order valence-corrected chi connectivity index (χ4v) is 4.29. The third-order valence-corrected chi connectivity index (χ3v) is 6.06. The molecular weight excluding hydrogens is 470 g/mol. The molecule has 3 aromatic rings. The van der Waals surface area contributed by atoms with Crippen LogP contribution in [0, 0.1) is 0 Å². The van der Waals surface area contributed by atoms with Crippen molar-refractivity contribution in [2.24, 2.45) is 0 Å². The Balaban J connectivity index is 0.968. The molecular formula is C30H35NO6. The van der Waals surface area contributed by atoms with E-state index in [1.165, 1.54) is 22.3 Å². The van der Waals surface area contributed by atoms with Crippen molar-refractivity contribution in [3.63, 3.8) is 0 Å². The average Bonchev–Trinajstić information content (AvgIpc) is 3.26. The SMILES string of the molecule is O=C(NCCCOCCOCCOCCOc1ccccc1)OCC1c2ccccc2-c2ccccc21. The summed E-state index contributed by atoms with van der Waals surface area (Å²) in [7, 11) is 0. The van der Waals surface area contributed by atoms with E-state index >= 15 is 0 Å². The minimum absolute atomic E-state index is 0.0644. The average molecular weight is 506 g/mol. The van der Waals surface area contributed by atoms with Crippen LogP contribution < -0.4 is 10.1 Å². The number of alkyl carbamates (subject to hydrolysis) is 1. The fourth-order valence-electron chi connectivity index (χ4n) is 4.29. The van der Waals surface area contributed by atoms with Gasteiger partial charge in [-0.1, -0.05) is 66.7 Å². The molecule has 196 valence electrons. The molecule has 1 aliphatic rings. The molecule has 37 heavy (non-hydrogen) atoms. The minimum Gasteiger partial charge on any atom is -0.491 e. The largest absolute Gasteiger partial charge is 0.491 e. The lowest BCUT2D eigenvalue weighted by atomic mass is 9.98. The minimum atomic E-state index is -0.403. The molecule has 0 unspecified atom stereocenters. The van der Waals surface area contributed by atoms with Crippen LogP contribution in [0.25, 0.3) is 11.1 Å². The van der Waals surface area contributed by atoms with Crippen molar-refractivity contribution in [3.8, 4) is 16.9 Å². The molecule has 1 aliphatic carbocycles. The summed E-state index contributed by atoms with van der Waals surface area (Å²) in [5.74, 6) is 0.905. The third-order valence-electron chi connectivity index (χ3n) is 6.06. The van der Waals surface area contributed by atoms with E-state index in [4.69, 9.17) is 23.7 Å². The molecule has 0 atom stereocenters. The van der Waals surface area contributed by atoms with Crippen molar-refractivity contribution >= 4 is 6.09 Å². The van der Waals surface area contributed by atoms with Gasteiger partial charge in [0.2, 0.25) is 0 Å². The van der Waals surface area contributed by atoms with Crippen molar-refractivity contribution in [2.75, 3.05) is 59.4 Å².